The van der Waals surface area contributed by atoms with Gasteiger partial charge in [-0.25, -0.2) is 0 Å². The average Bonchev–Trinajstić information content (AvgIpc) is 3.09. The maximum Gasteiger partial charge on any atom is 0.319 e. The fourth-order valence-electron chi connectivity index (χ4n) is 2.72. The Balaban J connectivity index is 1.93. The normalized spacial score (nSPS) is 23.8. The number of aliphatic carboxylic acids is 1. The Morgan fingerprint density at radius 2 is 1.76 bits per heavy atom. The van der Waals surface area contributed by atoms with Crippen LogP contribution in [0.2, 0.25) is 0 Å². The lowest BCUT2D eigenvalue weighted by atomic mass is 9.86. The molecule has 0 aromatic heterocycles. The van der Waals surface area contributed by atoms with Crippen molar-refractivity contribution in [2.75, 3.05) is 13.1 Å². The first-order chi connectivity index (χ1) is 7.97. The first kappa shape index (κ1) is 12.4. The number of carboxylic acid groups (broad SMARTS) is 1. The molecule has 2 aliphatic rings. The minimum atomic E-state index is -1.05. The van der Waals surface area contributed by atoms with Crippen LogP contribution in [0.1, 0.15) is 39.5 Å². The molecular formula is C13H21NO3. The topological polar surface area (TPSA) is 57.6 Å². The van der Waals surface area contributed by atoms with E-state index in [4.69, 9.17) is 5.11 Å². The molecule has 0 spiro atoms. The summed E-state index contributed by atoms with van der Waals surface area (Å²) in [5.41, 5.74) is -1.05. The van der Waals surface area contributed by atoms with Crippen molar-refractivity contribution in [2.45, 2.75) is 39.5 Å². The maximum atomic E-state index is 12.1. The number of amides is 1. The Morgan fingerprint density at radius 3 is 2.12 bits per heavy atom. The monoisotopic (exact) mass is 239 g/mol. The second-order valence-electron chi connectivity index (χ2n) is 5.76. The van der Waals surface area contributed by atoms with E-state index in [1.165, 1.54) is 0 Å². The van der Waals surface area contributed by atoms with Crippen LogP contribution in [0, 0.1) is 17.3 Å². The molecule has 0 aromatic carbocycles. The van der Waals surface area contributed by atoms with E-state index in [-0.39, 0.29) is 5.91 Å². The molecule has 0 aromatic rings. The smallest absolute Gasteiger partial charge is 0.319 e. The van der Waals surface area contributed by atoms with E-state index in [2.05, 4.69) is 13.8 Å². The molecule has 1 aliphatic heterocycles. The quantitative estimate of drug-likeness (QED) is 0.763. The van der Waals surface area contributed by atoms with Crippen LogP contribution in [0.15, 0.2) is 0 Å². The summed E-state index contributed by atoms with van der Waals surface area (Å²) in [4.78, 5) is 25.0. The summed E-state index contributed by atoms with van der Waals surface area (Å²) in [5, 5.41) is 9.10. The molecule has 4 nitrogen and oxygen atoms in total. The number of likely N-dealkylation sites (tertiary alicyclic amines) is 1. The van der Waals surface area contributed by atoms with Gasteiger partial charge in [-0.2, -0.15) is 0 Å². The van der Waals surface area contributed by atoms with E-state index in [0.717, 1.165) is 25.9 Å². The summed E-state index contributed by atoms with van der Waals surface area (Å²) in [6.07, 6.45) is 3.06. The van der Waals surface area contributed by atoms with Crippen molar-refractivity contribution in [3.8, 4) is 0 Å². The van der Waals surface area contributed by atoms with Crippen molar-refractivity contribution in [1.82, 2.24) is 4.90 Å². The van der Waals surface area contributed by atoms with Crippen molar-refractivity contribution in [2.24, 2.45) is 17.3 Å². The molecule has 1 saturated heterocycles. The van der Waals surface area contributed by atoms with Crippen LogP contribution < -0.4 is 0 Å². The van der Waals surface area contributed by atoms with Gasteiger partial charge >= 0.3 is 5.97 Å². The second kappa shape index (κ2) is 4.31. The van der Waals surface area contributed by atoms with Crippen molar-refractivity contribution in [1.29, 1.82) is 0 Å². The zero-order valence-corrected chi connectivity index (χ0v) is 10.6. The number of rotatable bonds is 3. The summed E-state index contributed by atoms with van der Waals surface area (Å²) in [7, 11) is 0. The van der Waals surface area contributed by atoms with E-state index < -0.39 is 11.4 Å². The molecule has 1 saturated carbocycles. The first-order valence-corrected chi connectivity index (χ1v) is 6.50. The van der Waals surface area contributed by atoms with E-state index in [0.29, 0.717) is 24.7 Å². The fraction of sp³-hybridized carbons (Fsp3) is 0.846. The minimum Gasteiger partial charge on any atom is -0.480 e. The van der Waals surface area contributed by atoms with Crippen LogP contribution >= 0.6 is 0 Å². The van der Waals surface area contributed by atoms with Gasteiger partial charge in [-0.05, 0) is 37.5 Å². The summed E-state index contributed by atoms with van der Waals surface area (Å²) in [6.45, 7) is 5.89. The van der Waals surface area contributed by atoms with Gasteiger partial charge in [0.05, 0.1) is 0 Å². The Morgan fingerprint density at radius 1 is 1.24 bits per heavy atom. The SMILES string of the molecule is CC(C)C1CCN(C(=O)C2(C(=O)O)CC2)CC1. The van der Waals surface area contributed by atoms with Gasteiger partial charge in [0.1, 0.15) is 5.41 Å². The Labute approximate surface area is 102 Å². The van der Waals surface area contributed by atoms with Crippen LogP contribution in [-0.2, 0) is 9.59 Å². The van der Waals surface area contributed by atoms with E-state index >= 15 is 0 Å². The Hall–Kier alpha value is -1.06. The summed E-state index contributed by atoms with van der Waals surface area (Å²) in [6, 6.07) is 0. The maximum absolute atomic E-state index is 12.1. The molecule has 0 unspecified atom stereocenters. The van der Waals surface area contributed by atoms with Crippen LogP contribution in [0.25, 0.3) is 0 Å². The highest BCUT2D eigenvalue weighted by Crippen LogP contribution is 2.48. The molecule has 2 fully saturated rings. The zero-order valence-electron chi connectivity index (χ0n) is 10.6. The standard InChI is InChI=1S/C13H21NO3/c1-9(2)10-3-7-14(8-4-10)11(15)13(5-6-13)12(16)17/h9-10H,3-8H2,1-2H3,(H,16,17). The molecule has 1 amide bonds. The molecule has 1 aliphatic carbocycles. The van der Waals surface area contributed by atoms with Gasteiger partial charge in [0.2, 0.25) is 5.91 Å². The van der Waals surface area contributed by atoms with Gasteiger partial charge in [-0.15, -0.1) is 0 Å². The summed E-state index contributed by atoms with van der Waals surface area (Å²) in [5.74, 6) is 0.251. The number of hydrogen-bond donors (Lipinski definition) is 1. The van der Waals surface area contributed by atoms with Gasteiger partial charge < -0.3 is 10.0 Å². The first-order valence-electron chi connectivity index (χ1n) is 6.50. The number of carbonyl (C=O) groups excluding carboxylic acids is 1. The third-order valence-electron chi connectivity index (χ3n) is 4.34. The molecule has 0 bridgehead atoms. The van der Waals surface area contributed by atoms with Crippen molar-refractivity contribution in [3.63, 3.8) is 0 Å². The summed E-state index contributed by atoms with van der Waals surface area (Å²) >= 11 is 0. The van der Waals surface area contributed by atoms with Crippen LogP contribution in [0.5, 0.6) is 0 Å². The predicted octanol–water partition coefficient (Wildman–Crippen LogP) is 1.75. The number of piperidine rings is 1. The van der Waals surface area contributed by atoms with Crippen molar-refractivity contribution < 1.29 is 14.7 Å². The highest BCUT2D eigenvalue weighted by Gasteiger charge is 2.58. The third-order valence-corrected chi connectivity index (χ3v) is 4.34. The molecule has 17 heavy (non-hydrogen) atoms. The van der Waals surface area contributed by atoms with Gasteiger partial charge in [0.25, 0.3) is 0 Å². The lowest BCUT2D eigenvalue weighted by Crippen LogP contribution is -2.45. The van der Waals surface area contributed by atoms with Gasteiger partial charge in [0, 0.05) is 13.1 Å². The van der Waals surface area contributed by atoms with Crippen LogP contribution in [0.3, 0.4) is 0 Å². The van der Waals surface area contributed by atoms with Gasteiger partial charge in [-0.3, -0.25) is 9.59 Å². The summed E-state index contributed by atoms with van der Waals surface area (Å²) < 4.78 is 0. The van der Waals surface area contributed by atoms with Crippen LogP contribution in [-0.4, -0.2) is 35.0 Å². The minimum absolute atomic E-state index is 0.146. The second-order valence-corrected chi connectivity index (χ2v) is 5.76. The van der Waals surface area contributed by atoms with E-state index in [1.54, 1.807) is 4.90 Å². The molecule has 0 atom stereocenters. The Kier molecular flexibility index (Phi) is 3.15. The molecule has 1 heterocycles. The molecule has 0 radical (unpaired) electrons. The number of hydrogen-bond acceptors (Lipinski definition) is 2. The zero-order chi connectivity index (χ0) is 12.6. The molecule has 4 heteroatoms. The van der Waals surface area contributed by atoms with E-state index in [9.17, 15) is 9.59 Å². The van der Waals surface area contributed by atoms with Crippen molar-refractivity contribution >= 4 is 11.9 Å². The highest BCUT2D eigenvalue weighted by molar-refractivity contribution is 6.04. The number of carboxylic acids is 1. The largest absolute Gasteiger partial charge is 0.480 e. The van der Waals surface area contributed by atoms with E-state index in [1.807, 2.05) is 0 Å². The number of carbonyl (C=O) groups is 2. The van der Waals surface area contributed by atoms with Crippen molar-refractivity contribution in [3.05, 3.63) is 0 Å². The lowest BCUT2D eigenvalue weighted by molar-refractivity contribution is -0.154. The molecule has 2 rings (SSSR count). The van der Waals surface area contributed by atoms with Gasteiger partial charge in [-0.1, -0.05) is 13.8 Å². The lowest BCUT2D eigenvalue weighted by Gasteiger charge is -2.35. The average molecular weight is 239 g/mol. The highest BCUT2D eigenvalue weighted by atomic mass is 16.4. The molecule has 96 valence electrons. The van der Waals surface area contributed by atoms with Crippen LogP contribution in [0.4, 0.5) is 0 Å². The molecule has 1 N–H and O–H groups in total. The number of nitrogens with zero attached hydrogens (tertiary/aromatic N) is 1. The fourth-order valence-corrected chi connectivity index (χ4v) is 2.72. The third kappa shape index (κ3) is 2.17. The Bertz CT molecular complexity index is 326. The van der Waals surface area contributed by atoms with Gasteiger partial charge in [0.15, 0.2) is 0 Å². The molecular weight excluding hydrogens is 218 g/mol. The predicted molar refractivity (Wildman–Crippen MR) is 63.4 cm³/mol.